The van der Waals surface area contributed by atoms with Crippen molar-refractivity contribution in [2.75, 3.05) is 18.1 Å². The van der Waals surface area contributed by atoms with Gasteiger partial charge in [-0.25, -0.2) is 0 Å². The standard InChI is InChI=1S/C11H19NO2S/c13-10(14)11(4-1-5-12-11)8-9-2-6-15-7-3-9/h9,12H,1-8H2,(H,13,14). The third kappa shape index (κ3) is 2.48. The number of aliphatic carboxylic acids is 1. The molecule has 2 heterocycles. The summed E-state index contributed by atoms with van der Waals surface area (Å²) < 4.78 is 0. The van der Waals surface area contributed by atoms with Crippen LogP contribution in [0.5, 0.6) is 0 Å². The average Bonchev–Trinajstić information content (AvgIpc) is 2.69. The second kappa shape index (κ2) is 4.74. The summed E-state index contributed by atoms with van der Waals surface area (Å²) in [6.07, 6.45) is 5.05. The summed E-state index contributed by atoms with van der Waals surface area (Å²) in [5.74, 6) is 2.40. The highest BCUT2D eigenvalue weighted by atomic mass is 32.2. The zero-order valence-electron chi connectivity index (χ0n) is 9.00. The van der Waals surface area contributed by atoms with Crippen LogP contribution in [0.3, 0.4) is 0 Å². The number of hydrogen-bond acceptors (Lipinski definition) is 3. The number of carboxylic acid groups (broad SMARTS) is 1. The molecule has 0 aliphatic carbocycles. The number of hydrogen-bond donors (Lipinski definition) is 2. The van der Waals surface area contributed by atoms with E-state index in [1.54, 1.807) is 0 Å². The molecule has 0 bridgehead atoms. The SMILES string of the molecule is O=C(O)C1(CC2CCSCC2)CCCN1. The van der Waals surface area contributed by atoms with E-state index in [4.69, 9.17) is 0 Å². The van der Waals surface area contributed by atoms with E-state index in [-0.39, 0.29) is 0 Å². The van der Waals surface area contributed by atoms with Crippen LogP contribution in [0.2, 0.25) is 0 Å². The van der Waals surface area contributed by atoms with Gasteiger partial charge in [-0.2, -0.15) is 11.8 Å². The Bertz CT molecular complexity index is 233. The van der Waals surface area contributed by atoms with Crippen molar-refractivity contribution in [2.45, 2.75) is 37.6 Å². The van der Waals surface area contributed by atoms with Crippen molar-refractivity contribution >= 4 is 17.7 Å². The van der Waals surface area contributed by atoms with Gasteiger partial charge in [0.1, 0.15) is 5.54 Å². The number of nitrogens with one attached hydrogen (secondary N) is 1. The lowest BCUT2D eigenvalue weighted by Gasteiger charge is -2.31. The molecule has 4 heteroatoms. The molecular formula is C11H19NO2S. The Hall–Kier alpha value is -0.220. The monoisotopic (exact) mass is 229 g/mol. The first-order chi connectivity index (χ1) is 7.23. The van der Waals surface area contributed by atoms with Gasteiger partial charge in [-0.1, -0.05) is 0 Å². The van der Waals surface area contributed by atoms with Crippen molar-refractivity contribution in [1.82, 2.24) is 5.32 Å². The Labute approximate surface area is 95.0 Å². The lowest BCUT2D eigenvalue weighted by Crippen LogP contribution is -2.49. The number of rotatable bonds is 3. The van der Waals surface area contributed by atoms with Gasteiger partial charge in [0.25, 0.3) is 0 Å². The molecule has 0 aromatic rings. The van der Waals surface area contributed by atoms with E-state index in [0.717, 1.165) is 25.8 Å². The maximum atomic E-state index is 11.3. The lowest BCUT2D eigenvalue weighted by atomic mass is 9.83. The molecule has 0 spiro atoms. The smallest absolute Gasteiger partial charge is 0.323 e. The predicted molar refractivity (Wildman–Crippen MR) is 62.3 cm³/mol. The minimum atomic E-state index is -0.641. The molecule has 3 nitrogen and oxygen atoms in total. The van der Waals surface area contributed by atoms with E-state index < -0.39 is 11.5 Å². The highest BCUT2D eigenvalue weighted by Gasteiger charge is 2.42. The van der Waals surface area contributed by atoms with E-state index in [9.17, 15) is 9.90 Å². The third-order valence-corrected chi connectivity index (χ3v) is 4.68. The van der Waals surface area contributed by atoms with Gasteiger partial charge >= 0.3 is 5.97 Å². The third-order valence-electron chi connectivity index (χ3n) is 3.63. The molecule has 1 unspecified atom stereocenters. The zero-order valence-corrected chi connectivity index (χ0v) is 9.81. The van der Waals surface area contributed by atoms with Gasteiger partial charge < -0.3 is 10.4 Å². The van der Waals surface area contributed by atoms with E-state index in [1.807, 2.05) is 11.8 Å². The van der Waals surface area contributed by atoms with E-state index in [2.05, 4.69) is 5.32 Å². The fourth-order valence-corrected chi connectivity index (χ4v) is 3.90. The Balaban J connectivity index is 1.96. The Morgan fingerprint density at radius 2 is 2.20 bits per heavy atom. The molecule has 1 atom stereocenters. The van der Waals surface area contributed by atoms with Gasteiger partial charge in [-0.05, 0) is 56.1 Å². The van der Waals surface area contributed by atoms with Gasteiger partial charge in [-0.15, -0.1) is 0 Å². The number of thioether (sulfide) groups is 1. The van der Waals surface area contributed by atoms with Gasteiger partial charge in [0.2, 0.25) is 0 Å². The fraction of sp³-hybridized carbons (Fsp3) is 0.909. The summed E-state index contributed by atoms with van der Waals surface area (Å²) in [7, 11) is 0. The van der Waals surface area contributed by atoms with Gasteiger partial charge in [0, 0.05) is 0 Å². The van der Waals surface area contributed by atoms with Crippen LogP contribution in [0, 0.1) is 5.92 Å². The number of carbonyl (C=O) groups is 1. The van der Waals surface area contributed by atoms with Crippen LogP contribution in [-0.4, -0.2) is 34.7 Å². The highest BCUT2D eigenvalue weighted by Crippen LogP contribution is 2.33. The summed E-state index contributed by atoms with van der Waals surface area (Å²) in [5.41, 5.74) is -0.591. The average molecular weight is 229 g/mol. The minimum Gasteiger partial charge on any atom is -0.480 e. The maximum absolute atomic E-state index is 11.3. The Kier molecular flexibility index (Phi) is 3.57. The maximum Gasteiger partial charge on any atom is 0.323 e. The molecule has 0 radical (unpaired) electrons. The molecule has 0 amide bonds. The van der Waals surface area contributed by atoms with Crippen molar-refractivity contribution in [3.63, 3.8) is 0 Å². The summed E-state index contributed by atoms with van der Waals surface area (Å²) >= 11 is 2.00. The predicted octanol–water partition coefficient (Wildman–Crippen LogP) is 1.73. The molecular weight excluding hydrogens is 210 g/mol. The molecule has 0 aromatic heterocycles. The summed E-state index contributed by atoms with van der Waals surface area (Å²) in [6, 6.07) is 0. The summed E-state index contributed by atoms with van der Waals surface area (Å²) in [6.45, 7) is 0.869. The molecule has 2 rings (SSSR count). The van der Waals surface area contributed by atoms with Crippen molar-refractivity contribution in [3.05, 3.63) is 0 Å². The van der Waals surface area contributed by atoms with E-state index in [0.29, 0.717) is 5.92 Å². The first kappa shape index (κ1) is 11.3. The Morgan fingerprint density at radius 3 is 2.73 bits per heavy atom. The van der Waals surface area contributed by atoms with Gasteiger partial charge in [-0.3, -0.25) is 4.79 Å². The van der Waals surface area contributed by atoms with Gasteiger partial charge in [0.15, 0.2) is 0 Å². The van der Waals surface area contributed by atoms with Crippen LogP contribution in [0.4, 0.5) is 0 Å². The molecule has 2 aliphatic heterocycles. The van der Waals surface area contributed by atoms with E-state index >= 15 is 0 Å². The molecule has 2 saturated heterocycles. The van der Waals surface area contributed by atoms with Gasteiger partial charge in [0.05, 0.1) is 0 Å². The zero-order chi connectivity index (χ0) is 10.7. The molecule has 0 saturated carbocycles. The second-order valence-electron chi connectivity index (χ2n) is 4.68. The second-order valence-corrected chi connectivity index (χ2v) is 5.90. The lowest BCUT2D eigenvalue weighted by molar-refractivity contribution is -0.145. The normalized spacial score (nSPS) is 33.1. The Morgan fingerprint density at radius 1 is 1.47 bits per heavy atom. The van der Waals surface area contributed by atoms with Crippen molar-refractivity contribution < 1.29 is 9.90 Å². The molecule has 0 aromatic carbocycles. The molecule has 15 heavy (non-hydrogen) atoms. The molecule has 2 aliphatic rings. The fourth-order valence-electron chi connectivity index (χ4n) is 2.69. The van der Waals surface area contributed by atoms with Crippen LogP contribution in [0.25, 0.3) is 0 Å². The summed E-state index contributed by atoms with van der Waals surface area (Å²) in [4.78, 5) is 11.3. The quantitative estimate of drug-likeness (QED) is 0.774. The van der Waals surface area contributed by atoms with Crippen molar-refractivity contribution in [2.24, 2.45) is 5.92 Å². The highest BCUT2D eigenvalue weighted by molar-refractivity contribution is 7.99. The minimum absolute atomic E-state index is 0.591. The first-order valence-corrected chi connectivity index (χ1v) is 6.95. The summed E-state index contributed by atoms with van der Waals surface area (Å²) in [5, 5.41) is 12.5. The molecule has 86 valence electrons. The number of carboxylic acids is 1. The largest absolute Gasteiger partial charge is 0.480 e. The first-order valence-electron chi connectivity index (χ1n) is 5.79. The van der Waals surface area contributed by atoms with Crippen LogP contribution >= 0.6 is 11.8 Å². The van der Waals surface area contributed by atoms with Crippen LogP contribution in [0.1, 0.15) is 32.1 Å². The van der Waals surface area contributed by atoms with Crippen molar-refractivity contribution in [3.8, 4) is 0 Å². The van der Waals surface area contributed by atoms with E-state index in [1.165, 1.54) is 24.3 Å². The van der Waals surface area contributed by atoms with Crippen LogP contribution < -0.4 is 5.32 Å². The molecule has 2 fully saturated rings. The van der Waals surface area contributed by atoms with Crippen molar-refractivity contribution in [1.29, 1.82) is 0 Å². The van der Waals surface area contributed by atoms with Crippen LogP contribution in [-0.2, 0) is 4.79 Å². The molecule has 2 N–H and O–H groups in total. The van der Waals surface area contributed by atoms with Crippen LogP contribution in [0.15, 0.2) is 0 Å². The topological polar surface area (TPSA) is 49.3 Å².